The molecule has 0 bridgehead atoms. The second kappa shape index (κ2) is 18.1. The smallest absolute Gasteiger partial charge is 0.349 e. The minimum Gasteiger partial charge on any atom is -0.349 e. The monoisotopic (exact) mass is 639 g/mol. The van der Waals surface area contributed by atoms with Crippen molar-refractivity contribution in [3.8, 4) is 24.3 Å². The van der Waals surface area contributed by atoms with Crippen LogP contribution in [0.15, 0.2) is 136 Å². The second-order valence-electron chi connectivity index (χ2n) is 11.0. The van der Waals surface area contributed by atoms with Crippen LogP contribution in [0.1, 0.15) is 24.0 Å². The summed E-state index contributed by atoms with van der Waals surface area (Å²) in [5.74, 6) is -0.605. The third kappa shape index (κ3) is 9.19. The normalized spacial score (nSPS) is 13.9. The van der Waals surface area contributed by atoms with Crippen molar-refractivity contribution in [3.05, 3.63) is 165 Å². The predicted molar refractivity (Wildman–Crippen MR) is 191 cm³/mol. The third-order valence-corrected chi connectivity index (χ3v) is 7.33. The first-order chi connectivity index (χ1) is 23.7. The van der Waals surface area contributed by atoms with Gasteiger partial charge in [-0.1, -0.05) is 85.0 Å². The molecule has 0 radical (unpaired) electrons. The van der Waals surface area contributed by atoms with Crippen molar-refractivity contribution >= 4 is 17.1 Å². The number of nitrogens with zero attached hydrogens (tertiary/aromatic N) is 9. The van der Waals surface area contributed by atoms with Gasteiger partial charge >= 0.3 is 5.82 Å². The molecule has 0 spiro atoms. The summed E-state index contributed by atoms with van der Waals surface area (Å²) in [6.45, 7) is 15.0. The van der Waals surface area contributed by atoms with Gasteiger partial charge in [0.15, 0.2) is 5.92 Å². The number of hydrogen-bond donors (Lipinski definition) is 0. The number of hydrogen-bond acceptors (Lipinski definition) is 5. The molecule has 0 fully saturated rings. The maximum Gasteiger partial charge on any atom is 0.528 e. The van der Waals surface area contributed by atoms with Crippen LogP contribution < -0.4 is 0 Å². The number of rotatable bonds is 9. The molecule has 2 aromatic rings. The summed E-state index contributed by atoms with van der Waals surface area (Å²) in [6.07, 6.45) is 11.7. The van der Waals surface area contributed by atoms with Crippen molar-refractivity contribution in [2.24, 2.45) is 10.9 Å². The van der Waals surface area contributed by atoms with Gasteiger partial charge in [-0.05, 0) is 47.3 Å². The predicted octanol–water partition coefficient (Wildman–Crippen LogP) is 7.85. The number of allylic oxidation sites excluding steroid dienone is 12. The minimum absolute atomic E-state index is 0.187. The quantitative estimate of drug-likeness (QED) is 0.0905. The van der Waals surface area contributed by atoms with Crippen molar-refractivity contribution < 1.29 is 0 Å². The van der Waals surface area contributed by atoms with E-state index >= 15 is 0 Å². The molecule has 9 nitrogen and oxygen atoms in total. The summed E-state index contributed by atoms with van der Waals surface area (Å²) in [4.78, 5) is 15.5. The first-order valence-corrected chi connectivity index (χ1v) is 15.1. The Morgan fingerprint density at radius 1 is 0.816 bits per heavy atom. The van der Waals surface area contributed by atoms with Gasteiger partial charge in [0.05, 0.1) is 46.7 Å². The van der Waals surface area contributed by atoms with E-state index in [0.717, 1.165) is 16.8 Å². The van der Waals surface area contributed by atoms with E-state index in [1.165, 1.54) is 0 Å². The zero-order valence-corrected chi connectivity index (χ0v) is 27.8. The van der Waals surface area contributed by atoms with E-state index in [0.29, 0.717) is 35.5 Å². The number of aliphatic imine (C=N–C) groups is 1. The first kappa shape index (κ1) is 36.3. The molecule has 1 aliphatic carbocycles. The van der Waals surface area contributed by atoms with Crippen LogP contribution >= 0.6 is 0 Å². The van der Waals surface area contributed by atoms with Crippen LogP contribution in [-0.2, 0) is 0 Å². The first-order valence-electron chi connectivity index (χ1n) is 15.1. The van der Waals surface area contributed by atoms with Crippen molar-refractivity contribution in [2.45, 2.75) is 12.8 Å². The molecule has 0 aliphatic heterocycles. The van der Waals surface area contributed by atoms with Gasteiger partial charge < -0.3 is 9.80 Å². The summed E-state index contributed by atoms with van der Waals surface area (Å²) < 4.78 is 0. The van der Waals surface area contributed by atoms with Crippen LogP contribution in [0.25, 0.3) is 20.8 Å². The molecular weight excluding hydrogens is 607 g/mol. The largest absolute Gasteiger partial charge is 0.528 e. The lowest BCUT2D eigenvalue weighted by molar-refractivity contribution is 0.483. The Kier molecular flexibility index (Phi) is 13.4. The molecule has 9 heteroatoms. The molecule has 3 rings (SSSR count). The molecule has 0 heterocycles. The lowest BCUT2D eigenvalue weighted by Crippen LogP contribution is -2.35. The Labute approximate surface area is 288 Å². The Morgan fingerprint density at radius 2 is 1.41 bits per heavy atom. The molecule has 0 N–H and O–H groups in total. The fraction of sp³-hybridized carbons (Fsp3) is 0.175. The minimum atomic E-state index is -1.12. The SMILES string of the molecule is [C-]#[N+]C([N+]#[C-])=C(C(C#N)=CC=CC1=C(N=C(N(C)C)N(C)C)C(=CC=CC(C#N)=C(c2ccccc2)C(C#N)C#N)CC1)c1ccccc1. The van der Waals surface area contributed by atoms with Crippen molar-refractivity contribution in [2.75, 3.05) is 28.2 Å². The third-order valence-electron chi connectivity index (χ3n) is 7.33. The molecule has 2 aromatic carbocycles. The molecule has 49 heavy (non-hydrogen) atoms. The summed E-state index contributed by atoms with van der Waals surface area (Å²) in [7, 11) is 7.59. The van der Waals surface area contributed by atoms with E-state index < -0.39 is 5.92 Å². The molecule has 0 saturated carbocycles. The Balaban J connectivity index is 2.17. The van der Waals surface area contributed by atoms with Crippen LogP contribution in [0, 0.1) is 64.4 Å². The summed E-state index contributed by atoms with van der Waals surface area (Å²) in [6, 6.07) is 26.2. The molecule has 0 aromatic heterocycles. The fourth-order valence-corrected chi connectivity index (χ4v) is 5.17. The molecule has 1 aliphatic rings. The Morgan fingerprint density at radius 3 is 1.92 bits per heavy atom. The van der Waals surface area contributed by atoms with E-state index in [2.05, 4.69) is 21.8 Å². The fourth-order valence-electron chi connectivity index (χ4n) is 5.17. The average Bonchev–Trinajstić information content (AvgIpc) is 3.50. The van der Waals surface area contributed by atoms with Gasteiger partial charge in [0.1, 0.15) is 13.1 Å². The number of benzene rings is 2. The zero-order valence-electron chi connectivity index (χ0n) is 27.8. The highest BCUT2D eigenvalue weighted by Crippen LogP contribution is 2.35. The summed E-state index contributed by atoms with van der Waals surface area (Å²) >= 11 is 0. The van der Waals surface area contributed by atoms with Gasteiger partial charge in [-0.25, -0.2) is 4.99 Å². The van der Waals surface area contributed by atoms with Crippen LogP contribution in [0.3, 0.4) is 0 Å². The zero-order chi connectivity index (χ0) is 35.8. The van der Waals surface area contributed by atoms with E-state index in [4.69, 9.17) is 18.1 Å². The van der Waals surface area contributed by atoms with E-state index in [1.54, 1.807) is 72.8 Å². The maximum atomic E-state index is 10.1. The highest BCUT2D eigenvalue weighted by Gasteiger charge is 2.22. The van der Waals surface area contributed by atoms with Crippen LogP contribution in [0.5, 0.6) is 0 Å². The van der Waals surface area contributed by atoms with Crippen molar-refractivity contribution in [1.29, 1.82) is 21.0 Å². The van der Waals surface area contributed by atoms with E-state index in [9.17, 15) is 21.0 Å². The molecule has 0 amide bonds. The standard InChI is InChI=1S/C40H33N9/c1-45-39(46-2)37(30-17-11-8-12-18-30)34(26-42)22-14-20-32-24-23-31(38(32)47-40(48(3)4)49(5)6)19-13-21-33(25-41)36(35(27-43)28-44)29-15-9-7-10-16-29/h7-22,35H,23-24H2,3-6H3. The van der Waals surface area contributed by atoms with Gasteiger partial charge in [0.2, 0.25) is 5.96 Å². The summed E-state index contributed by atoms with van der Waals surface area (Å²) in [5, 5.41) is 39.4. The van der Waals surface area contributed by atoms with Gasteiger partial charge in [-0.2, -0.15) is 30.7 Å². The van der Waals surface area contributed by atoms with Gasteiger partial charge in [-0.15, -0.1) is 0 Å². The number of nitriles is 4. The Bertz CT molecular complexity index is 2020. The van der Waals surface area contributed by atoms with E-state index in [-0.39, 0.29) is 22.5 Å². The van der Waals surface area contributed by atoms with Gasteiger partial charge in [0, 0.05) is 33.8 Å². The lowest BCUT2D eigenvalue weighted by Gasteiger charge is -2.23. The number of guanidine groups is 1. The van der Waals surface area contributed by atoms with Crippen LogP contribution in [-0.4, -0.2) is 44.0 Å². The maximum absolute atomic E-state index is 10.1. The average molecular weight is 640 g/mol. The Hall–Kier alpha value is -7.17. The van der Waals surface area contributed by atoms with Crippen LogP contribution in [0.2, 0.25) is 0 Å². The summed E-state index contributed by atoms with van der Waals surface area (Å²) in [5.41, 5.74) is 4.78. The van der Waals surface area contributed by atoms with Gasteiger partial charge in [-0.3, -0.25) is 0 Å². The molecular formula is C40H33N9. The topological polar surface area (TPSA) is 123 Å². The van der Waals surface area contributed by atoms with Crippen molar-refractivity contribution in [3.63, 3.8) is 0 Å². The highest BCUT2D eigenvalue weighted by atomic mass is 15.3. The molecule has 0 saturated heterocycles. The van der Waals surface area contributed by atoms with Gasteiger partial charge in [0.25, 0.3) is 0 Å². The van der Waals surface area contributed by atoms with E-state index in [1.807, 2.05) is 74.4 Å². The van der Waals surface area contributed by atoms with Crippen LogP contribution in [0.4, 0.5) is 0 Å². The molecule has 0 atom stereocenters. The van der Waals surface area contributed by atoms with Crippen molar-refractivity contribution in [1.82, 2.24) is 9.80 Å². The lowest BCUT2D eigenvalue weighted by atomic mass is 9.90. The second-order valence-corrected chi connectivity index (χ2v) is 11.0. The molecule has 238 valence electrons. The highest BCUT2D eigenvalue weighted by molar-refractivity contribution is 5.87. The molecule has 0 unspecified atom stereocenters.